The highest BCUT2D eigenvalue weighted by atomic mass is 32.2. The van der Waals surface area contributed by atoms with Crippen molar-refractivity contribution in [1.82, 2.24) is 14.8 Å². The number of anilines is 1. The molecule has 0 aliphatic rings. The molecule has 0 saturated heterocycles. The van der Waals surface area contributed by atoms with E-state index in [1.807, 2.05) is 24.3 Å². The topological polar surface area (TPSA) is 59.8 Å². The zero-order chi connectivity index (χ0) is 16.7. The maximum atomic E-state index is 12.2. The van der Waals surface area contributed by atoms with Gasteiger partial charge in [0.2, 0.25) is 5.91 Å². The lowest BCUT2D eigenvalue weighted by Gasteiger charge is -2.10. The molecule has 2 aromatic rings. The van der Waals surface area contributed by atoms with E-state index in [9.17, 15) is 4.79 Å². The fourth-order valence-electron chi connectivity index (χ4n) is 2.40. The molecule has 0 bridgehead atoms. The number of amides is 1. The van der Waals surface area contributed by atoms with Crippen molar-refractivity contribution in [3.05, 3.63) is 35.7 Å². The average molecular weight is 332 g/mol. The van der Waals surface area contributed by atoms with Crippen molar-refractivity contribution in [1.29, 1.82) is 0 Å². The molecule has 23 heavy (non-hydrogen) atoms. The number of aryl methyl sites for hydroxylation is 2. The minimum absolute atomic E-state index is 0.0139. The monoisotopic (exact) mass is 332 g/mol. The Hall–Kier alpha value is -1.82. The van der Waals surface area contributed by atoms with E-state index < -0.39 is 0 Å². The molecule has 1 N–H and O–H groups in total. The van der Waals surface area contributed by atoms with Crippen LogP contribution in [0.2, 0.25) is 0 Å². The summed E-state index contributed by atoms with van der Waals surface area (Å²) in [5.74, 6) is 1.30. The number of nitrogens with one attached hydrogen (secondary N) is 1. The van der Waals surface area contributed by atoms with E-state index in [4.69, 9.17) is 0 Å². The molecule has 0 radical (unpaired) electrons. The molecule has 5 nitrogen and oxygen atoms in total. The van der Waals surface area contributed by atoms with Crippen LogP contribution in [0, 0.1) is 0 Å². The van der Waals surface area contributed by atoms with Gasteiger partial charge in [0.05, 0.1) is 5.75 Å². The van der Waals surface area contributed by atoms with Gasteiger partial charge in [-0.1, -0.05) is 50.7 Å². The van der Waals surface area contributed by atoms with Crippen LogP contribution in [0.3, 0.4) is 0 Å². The Labute approximate surface area is 141 Å². The van der Waals surface area contributed by atoms with Crippen LogP contribution in [-0.4, -0.2) is 26.4 Å². The number of hydrogen-bond donors (Lipinski definition) is 1. The summed E-state index contributed by atoms with van der Waals surface area (Å²) in [6.07, 6.45) is 2.77. The molecule has 1 aromatic heterocycles. The predicted octanol–water partition coefficient (Wildman–Crippen LogP) is 3.54. The van der Waals surface area contributed by atoms with Crippen molar-refractivity contribution in [3.8, 4) is 0 Å². The molecule has 0 aliphatic heterocycles. The first-order valence-electron chi connectivity index (χ1n) is 8.12. The number of carbonyl (C=O) groups excluding carboxylic acids is 1. The second-order valence-electron chi connectivity index (χ2n) is 5.25. The van der Waals surface area contributed by atoms with Crippen molar-refractivity contribution in [2.24, 2.45) is 0 Å². The highest BCUT2D eigenvalue weighted by molar-refractivity contribution is 7.99. The van der Waals surface area contributed by atoms with Gasteiger partial charge in [0.1, 0.15) is 5.82 Å². The number of thioether (sulfide) groups is 1. The van der Waals surface area contributed by atoms with Crippen LogP contribution in [0.4, 0.5) is 5.69 Å². The molecule has 124 valence electrons. The number of hydrogen-bond acceptors (Lipinski definition) is 4. The first-order valence-corrected chi connectivity index (χ1v) is 9.10. The van der Waals surface area contributed by atoms with E-state index in [0.717, 1.165) is 48.0 Å². The number of rotatable bonds is 8. The molecular formula is C17H24N4OS. The van der Waals surface area contributed by atoms with Crippen LogP contribution in [0.15, 0.2) is 29.4 Å². The van der Waals surface area contributed by atoms with Crippen molar-refractivity contribution < 1.29 is 4.79 Å². The van der Waals surface area contributed by atoms with Crippen molar-refractivity contribution >= 4 is 23.4 Å². The van der Waals surface area contributed by atoms with Crippen LogP contribution < -0.4 is 5.32 Å². The van der Waals surface area contributed by atoms with Gasteiger partial charge in [-0.25, -0.2) is 0 Å². The molecule has 1 aromatic carbocycles. The number of benzene rings is 1. The lowest BCUT2D eigenvalue weighted by molar-refractivity contribution is -0.113. The second-order valence-corrected chi connectivity index (χ2v) is 6.19. The lowest BCUT2D eigenvalue weighted by atomic mass is 10.1. The molecule has 0 aliphatic carbocycles. The van der Waals surface area contributed by atoms with Crippen LogP contribution in [0.25, 0.3) is 0 Å². The maximum Gasteiger partial charge on any atom is 0.234 e. The van der Waals surface area contributed by atoms with Gasteiger partial charge < -0.3 is 9.88 Å². The summed E-state index contributed by atoms with van der Waals surface area (Å²) in [7, 11) is 0. The van der Waals surface area contributed by atoms with Gasteiger partial charge in [-0.3, -0.25) is 4.79 Å². The highest BCUT2D eigenvalue weighted by Gasteiger charge is 2.13. The molecule has 0 unspecified atom stereocenters. The van der Waals surface area contributed by atoms with Gasteiger partial charge >= 0.3 is 0 Å². The Bertz CT molecular complexity index is 654. The summed E-state index contributed by atoms with van der Waals surface area (Å²) in [4.78, 5) is 12.2. The third-order valence-corrected chi connectivity index (χ3v) is 4.53. The van der Waals surface area contributed by atoms with Gasteiger partial charge in [-0.05, 0) is 24.5 Å². The van der Waals surface area contributed by atoms with Gasteiger partial charge in [0, 0.05) is 18.7 Å². The average Bonchev–Trinajstić information content (AvgIpc) is 2.96. The summed E-state index contributed by atoms with van der Waals surface area (Å²) in [6, 6.07) is 7.90. The van der Waals surface area contributed by atoms with Gasteiger partial charge in [0.15, 0.2) is 5.16 Å². The molecule has 0 spiro atoms. The minimum Gasteiger partial charge on any atom is -0.325 e. The first kappa shape index (κ1) is 17.5. The van der Waals surface area contributed by atoms with Crippen LogP contribution in [0.1, 0.15) is 38.6 Å². The molecular weight excluding hydrogens is 308 g/mol. The normalized spacial score (nSPS) is 10.7. The van der Waals surface area contributed by atoms with E-state index in [1.54, 1.807) is 0 Å². The third kappa shape index (κ3) is 4.58. The standard InChI is InChI=1S/C17H24N4OS/c1-4-11-21-15(6-3)19-20-17(21)23-12-16(22)18-14-10-8-7-9-13(14)5-2/h7-10H,4-6,11-12H2,1-3H3,(H,18,22). The fourth-order valence-corrected chi connectivity index (χ4v) is 3.19. The summed E-state index contributed by atoms with van der Waals surface area (Å²) in [5, 5.41) is 12.2. The van der Waals surface area contributed by atoms with E-state index in [2.05, 4.69) is 40.9 Å². The smallest absolute Gasteiger partial charge is 0.234 e. The molecule has 1 amide bonds. The van der Waals surface area contributed by atoms with Gasteiger partial charge in [-0.15, -0.1) is 10.2 Å². The molecule has 0 atom stereocenters. The van der Waals surface area contributed by atoms with Crippen LogP contribution in [0.5, 0.6) is 0 Å². The summed E-state index contributed by atoms with van der Waals surface area (Å²) in [5.41, 5.74) is 2.04. The van der Waals surface area contributed by atoms with E-state index in [0.29, 0.717) is 5.75 Å². The number of aromatic nitrogens is 3. The quantitative estimate of drug-likeness (QED) is 0.751. The lowest BCUT2D eigenvalue weighted by Crippen LogP contribution is -2.16. The minimum atomic E-state index is -0.0139. The molecule has 0 fully saturated rings. The zero-order valence-corrected chi connectivity index (χ0v) is 14.8. The summed E-state index contributed by atoms with van der Waals surface area (Å²) < 4.78 is 2.11. The Morgan fingerprint density at radius 2 is 1.96 bits per heavy atom. The summed E-state index contributed by atoms with van der Waals surface area (Å²) >= 11 is 1.44. The van der Waals surface area contributed by atoms with Gasteiger partial charge in [-0.2, -0.15) is 0 Å². The van der Waals surface area contributed by atoms with E-state index in [1.165, 1.54) is 11.8 Å². The highest BCUT2D eigenvalue weighted by Crippen LogP contribution is 2.20. The Balaban J connectivity index is 1.98. The fraction of sp³-hybridized carbons (Fsp3) is 0.471. The van der Waals surface area contributed by atoms with Crippen molar-refractivity contribution in [2.45, 2.75) is 51.7 Å². The van der Waals surface area contributed by atoms with Crippen LogP contribution in [-0.2, 0) is 24.2 Å². The molecule has 0 saturated carbocycles. The Morgan fingerprint density at radius 3 is 2.65 bits per heavy atom. The Morgan fingerprint density at radius 1 is 1.17 bits per heavy atom. The van der Waals surface area contributed by atoms with Gasteiger partial charge in [0.25, 0.3) is 0 Å². The molecule has 6 heteroatoms. The first-order chi connectivity index (χ1) is 11.2. The third-order valence-electron chi connectivity index (χ3n) is 3.56. The number of nitrogens with zero attached hydrogens (tertiary/aromatic N) is 3. The molecule has 1 heterocycles. The van der Waals surface area contributed by atoms with Crippen molar-refractivity contribution in [3.63, 3.8) is 0 Å². The Kier molecular flexibility index (Phi) is 6.65. The predicted molar refractivity (Wildman–Crippen MR) is 94.9 cm³/mol. The van der Waals surface area contributed by atoms with Crippen LogP contribution >= 0.6 is 11.8 Å². The largest absolute Gasteiger partial charge is 0.325 e. The van der Waals surface area contributed by atoms with Crippen molar-refractivity contribution in [2.75, 3.05) is 11.1 Å². The maximum absolute atomic E-state index is 12.2. The van der Waals surface area contributed by atoms with E-state index in [-0.39, 0.29) is 5.91 Å². The second kappa shape index (κ2) is 8.72. The SMILES string of the molecule is CCCn1c(CC)nnc1SCC(=O)Nc1ccccc1CC. The van der Waals surface area contributed by atoms with E-state index >= 15 is 0 Å². The summed E-state index contributed by atoms with van der Waals surface area (Å²) in [6.45, 7) is 7.17. The number of carbonyl (C=O) groups is 1. The zero-order valence-electron chi connectivity index (χ0n) is 14.0. The molecule has 2 rings (SSSR count). The number of para-hydroxylation sites is 1.